The fourth-order valence-corrected chi connectivity index (χ4v) is 3.28. The van der Waals surface area contributed by atoms with Crippen molar-refractivity contribution < 1.29 is 14.3 Å². The monoisotopic (exact) mass is 410 g/mol. The highest BCUT2D eigenvalue weighted by molar-refractivity contribution is 5.88. The molecule has 1 N–H and O–H groups in total. The summed E-state index contributed by atoms with van der Waals surface area (Å²) in [5, 5.41) is 2.95. The molecule has 0 saturated heterocycles. The molecule has 0 aliphatic heterocycles. The number of unbranched alkanes of at least 4 members (excludes halogenated alkanes) is 1. The number of benzene rings is 2. The van der Waals surface area contributed by atoms with Crippen molar-refractivity contribution in [3.05, 3.63) is 64.7 Å². The molecule has 5 nitrogen and oxygen atoms in total. The molecule has 30 heavy (non-hydrogen) atoms. The molecule has 2 aromatic rings. The van der Waals surface area contributed by atoms with Crippen molar-refractivity contribution in [2.45, 2.75) is 59.5 Å². The van der Waals surface area contributed by atoms with Gasteiger partial charge in [-0.15, -0.1) is 0 Å². The molecule has 162 valence electrons. The Morgan fingerprint density at radius 2 is 1.83 bits per heavy atom. The number of aryl methyl sites for hydroxylation is 2. The molecule has 0 saturated carbocycles. The topological polar surface area (TPSA) is 58.6 Å². The van der Waals surface area contributed by atoms with Gasteiger partial charge in [0.1, 0.15) is 11.8 Å². The van der Waals surface area contributed by atoms with Crippen LogP contribution in [0.15, 0.2) is 42.5 Å². The smallest absolute Gasteiger partial charge is 0.242 e. The molecule has 0 unspecified atom stereocenters. The van der Waals surface area contributed by atoms with Gasteiger partial charge in [0.25, 0.3) is 0 Å². The van der Waals surface area contributed by atoms with Crippen molar-refractivity contribution in [3.63, 3.8) is 0 Å². The second-order valence-electron chi connectivity index (χ2n) is 7.79. The van der Waals surface area contributed by atoms with Crippen LogP contribution in [0.5, 0.6) is 5.75 Å². The molecular formula is C25H34N2O3. The minimum Gasteiger partial charge on any atom is -0.497 e. The highest BCUT2D eigenvalue weighted by atomic mass is 16.5. The van der Waals surface area contributed by atoms with Crippen LogP contribution in [0.25, 0.3) is 0 Å². The van der Waals surface area contributed by atoms with Crippen LogP contribution in [0.2, 0.25) is 0 Å². The largest absolute Gasteiger partial charge is 0.497 e. The van der Waals surface area contributed by atoms with Gasteiger partial charge >= 0.3 is 0 Å². The second kappa shape index (κ2) is 11.4. The van der Waals surface area contributed by atoms with Crippen LogP contribution < -0.4 is 10.1 Å². The number of methoxy groups -OCH3 is 1. The highest BCUT2D eigenvalue weighted by Crippen LogP contribution is 2.18. The average molecular weight is 411 g/mol. The van der Waals surface area contributed by atoms with Crippen LogP contribution in [0.4, 0.5) is 0 Å². The zero-order chi connectivity index (χ0) is 22.1. The number of rotatable bonds is 10. The number of amides is 2. The lowest BCUT2D eigenvalue weighted by atomic mass is 10.0. The number of nitrogens with one attached hydrogen (secondary N) is 1. The summed E-state index contributed by atoms with van der Waals surface area (Å²) in [7, 11) is 1.62. The van der Waals surface area contributed by atoms with Crippen LogP contribution in [-0.4, -0.2) is 36.4 Å². The first-order valence-electron chi connectivity index (χ1n) is 10.6. The number of carbonyl (C=O) groups excluding carboxylic acids is 2. The maximum atomic E-state index is 13.3. The van der Waals surface area contributed by atoms with Gasteiger partial charge in [-0.05, 0) is 61.6 Å². The molecule has 2 amide bonds. The summed E-state index contributed by atoms with van der Waals surface area (Å²) < 4.78 is 5.31. The van der Waals surface area contributed by atoms with Gasteiger partial charge in [-0.2, -0.15) is 0 Å². The maximum absolute atomic E-state index is 13.3. The van der Waals surface area contributed by atoms with Crippen molar-refractivity contribution in [2.24, 2.45) is 0 Å². The summed E-state index contributed by atoms with van der Waals surface area (Å²) in [4.78, 5) is 27.6. The lowest BCUT2D eigenvalue weighted by Gasteiger charge is -2.29. The molecule has 0 spiro atoms. The van der Waals surface area contributed by atoms with Crippen LogP contribution >= 0.6 is 0 Å². The third-order valence-electron chi connectivity index (χ3n) is 5.41. The molecule has 0 bridgehead atoms. The molecule has 0 aromatic heterocycles. The highest BCUT2D eigenvalue weighted by Gasteiger charge is 2.26. The Bertz CT molecular complexity index is 863. The quantitative estimate of drug-likeness (QED) is 0.598. The number of carbonyl (C=O) groups is 2. The van der Waals surface area contributed by atoms with Crippen molar-refractivity contribution >= 4 is 11.8 Å². The van der Waals surface area contributed by atoms with E-state index in [9.17, 15) is 9.59 Å². The standard InChI is InChI=1S/C25H34N2O3/c1-6-7-13-26-25(29)20(4)27(17-22-9-8-10-23(15-22)30-5)24(28)16-21-12-11-18(2)19(3)14-21/h8-12,14-15,20H,6-7,13,16-17H2,1-5H3,(H,26,29)/t20-/m0/s1. The van der Waals surface area contributed by atoms with Gasteiger partial charge in [-0.1, -0.05) is 43.7 Å². The van der Waals surface area contributed by atoms with Gasteiger partial charge in [-0.25, -0.2) is 0 Å². The zero-order valence-electron chi connectivity index (χ0n) is 18.8. The first-order valence-corrected chi connectivity index (χ1v) is 10.6. The van der Waals surface area contributed by atoms with Crippen LogP contribution in [-0.2, 0) is 22.6 Å². The molecule has 2 aromatic carbocycles. The summed E-state index contributed by atoms with van der Waals surface area (Å²) in [5.74, 6) is 0.535. The minimum absolute atomic E-state index is 0.0702. The van der Waals surface area contributed by atoms with Gasteiger partial charge in [0.2, 0.25) is 11.8 Å². The molecule has 5 heteroatoms. The summed E-state index contributed by atoms with van der Waals surface area (Å²) in [6.45, 7) is 8.94. The van der Waals surface area contributed by atoms with E-state index in [4.69, 9.17) is 4.74 Å². The maximum Gasteiger partial charge on any atom is 0.242 e. The third-order valence-corrected chi connectivity index (χ3v) is 5.41. The van der Waals surface area contributed by atoms with E-state index in [1.165, 1.54) is 5.56 Å². The van der Waals surface area contributed by atoms with E-state index in [1.54, 1.807) is 18.9 Å². The summed E-state index contributed by atoms with van der Waals surface area (Å²) in [5.41, 5.74) is 4.24. The van der Waals surface area contributed by atoms with E-state index >= 15 is 0 Å². The van der Waals surface area contributed by atoms with Crippen molar-refractivity contribution in [1.82, 2.24) is 10.2 Å². The van der Waals surface area contributed by atoms with Crippen LogP contribution in [0.3, 0.4) is 0 Å². The van der Waals surface area contributed by atoms with Crippen molar-refractivity contribution in [1.29, 1.82) is 0 Å². The Kier molecular flexibility index (Phi) is 8.90. The fraction of sp³-hybridized carbons (Fsp3) is 0.440. The number of hydrogen-bond donors (Lipinski definition) is 1. The predicted octanol–water partition coefficient (Wildman–Crippen LogP) is 4.19. The zero-order valence-corrected chi connectivity index (χ0v) is 18.8. The second-order valence-corrected chi connectivity index (χ2v) is 7.79. The van der Waals surface area contributed by atoms with E-state index in [-0.39, 0.29) is 18.2 Å². The van der Waals surface area contributed by atoms with E-state index in [0.29, 0.717) is 13.1 Å². The SMILES string of the molecule is CCCCNC(=O)[C@H](C)N(Cc1cccc(OC)c1)C(=O)Cc1ccc(C)c(C)c1. The van der Waals surface area contributed by atoms with E-state index < -0.39 is 6.04 Å². The third kappa shape index (κ3) is 6.61. The predicted molar refractivity (Wildman–Crippen MR) is 121 cm³/mol. The van der Waals surface area contributed by atoms with E-state index in [2.05, 4.69) is 19.2 Å². The first-order chi connectivity index (χ1) is 14.3. The van der Waals surface area contributed by atoms with Gasteiger partial charge in [0.05, 0.1) is 13.5 Å². The summed E-state index contributed by atoms with van der Waals surface area (Å²) in [6.07, 6.45) is 2.19. The van der Waals surface area contributed by atoms with E-state index in [1.807, 2.05) is 49.4 Å². The van der Waals surface area contributed by atoms with Gasteiger partial charge in [0.15, 0.2) is 0 Å². The van der Waals surface area contributed by atoms with E-state index in [0.717, 1.165) is 35.3 Å². The number of hydrogen-bond acceptors (Lipinski definition) is 3. The van der Waals surface area contributed by atoms with Crippen LogP contribution in [0.1, 0.15) is 48.9 Å². The van der Waals surface area contributed by atoms with Gasteiger partial charge in [0, 0.05) is 13.1 Å². The Morgan fingerprint density at radius 3 is 2.50 bits per heavy atom. The lowest BCUT2D eigenvalue weighted by molar-refractivity contribution is -0.140. The minimum atomic E-state index is -0.563. The summed E-state index contributed by atoms with van der Waals surface area (Å²) in [6, 6.07) is 13.1. The molecule has 1 atom stereocenters. The molecule has 0 heterocycles. The normalized spacial score (nSPS) is 11.6. The molecular weight excluding hydrogens is 376 g/mol. The lowest BCUT2D eigenvalue weighted by Crippen LogP contribution is -2.48. The van der Waals surface area contributed by atoms with Gasteiger partial charge in [-0.3, -0.25) is 9.59 Å². The summed E-state index contributed by atoms with van der Waals surface area (Å²) >= 11 is 0. The molecule has 0 radical (unpaired) electrons. The fourth-order valence-electron chi connectivity index (χ4n) is 3.28. The Labute approximate surface area is 180 Å². The Morgan fingerprint density at radius 1 is 1.07 bits per heavy atom. The molecule has 0 fully saturated rings. The molecule has 0 aliphatic rings. The Hall–Kier alpha value is -2.82. The average Bonchev–Trinajstić information content (AvgIpc) is 2.74. The van der Waals surface area contributed by atoms with Crippen molar-refractivity contribution in [3.8, 4) is 5.75 Å². The van der Waals surface area contributed by atoms with Gasteiger partial charge < -0.3 is 15.0 Å². The number of nitrogens with zero attached hydrogens (tertiary/aromatic N) is 1. The molecule has 0 aliphatic carbocycles. The number of ether oxygens (including phenoxy) is 1. The van der Waals surface area contributed by atoms with Crippen molar-refractivity contribution in [2.75, 3.05) is 13.7 Å². The Balaban J connectivity index is 2.22. The van der Waals surface area contributed by atoms with Crippen LogP contribution in [0, 0.1) is 13.8 Å². The molecule has 2 rings (SSSR count). The first kappa shape index (κ1) is 23.5.